The van der Waals surface area contributed by atoms with Crippen molar-refractivity contribution in [2.24, 2.45) is 5.92 Å². The number of nitrogens with one attached hydrogen (secondary N) is 2. The van der Waals surface area contributed by atoms with Gasteiger partial charge in [-0.3, -0.25) is 9.59 Å². The van der Waals surface area contributed by atoms with E-state index in [2.05, 4.69) is 16.4 Å². The molecule has 1 unspecified atom stereocenters. The molecule has 37 heavy (non-hydrogen) atoms. The lowest BCUT2D eigenvalue weighted by atomic mass is 9.88. The number of amides is 1. The van der Waals surface area contributed by atoms with Gasteiger partial charge in [-0.1, -0.05) is 43.5 Å². The molecular formula is C26H30F3N3O5. The molecule has 0 radical (unpaired) electrons. The summed E-state index contributed by atoms with van der Waals surface area (Å²) in [5.41, 5.74) is 3.48. The second-order valence-corrected chi connectivity index (χ2v) is 8.71. The van der Waals surface area contributed by atoms with E-state index in [1.165, 1.54) is 6.42 Å². The molecule has 0 saturated heterocycles. The first-order valence-corrected chi connectivity index (χ1v) is 11.8. The van der Waals surface area contributed by atoms with Crippen LogP contribution in [-0.2, 0) is 27.2 Å². The molecule has 3 rings (SSSR count). The van der Waals surface area contributed by atoms with Crippen LogP contribution in [0.3, 0.4) is 0 Å². The van der Waals surface area contributed by atoms with E-state index in [-0.39, 0.29) is 17.4 Å². The molecule has 1 saturated carbocycles. The molecule has 1 fully saturated rings. The normalized spacial score (nSPS) is 14.6. The van der Waals surface area contributed by atoms with Crippen LogP contribution >= 0.6 is 0 Å². The van der Waals surface area contributed by atoms with E-state index in [9.17, 15) is 28.0 Å². The molecule has 200 valence electrons. The van der Waals surface area contributed by atoms with Crippen LogP contribution in [0.5, 0.6) is 0 Å². The lowest BCUT2D eigenvalue weighted by Crippen LogP contribution is -2.40. The Morgan fingerprint density at radius 2 is 1.81 bits per heavy atom. The highest BCUT2D eigenvalue weighted by atomic mass is 19.4. The van der Waals surface area contributed by atoms with Crippen LogP contribution in [0.1, 0.15) is 43.2 Å². The second-order valence-electron chi connectivity index (χ2n) is 8.71. The highest BCUT2D eigenvalue weighted by molar-refractivity contribution is 5.79. The van der Waals surface area contributed by atoms with E-state index in [0.717, 1.165) is 42.4 Å². The Balaban J connectivity index is 0.000000604. The Morgan fingerprint density at radius 3 is 2.35 bits per heavy atom. The van der Waals surface area contributed by atoms with E-state index < -0.39 is 18.2 Å². The zero-order valence-corrected chi connectivity index (χ0v) is 20.4. The number of benzene rings is 1. The first kappa shape index (κ1) is 29.6. The molecule has 1 aliphatic rings. The van der Waals surface area contributed by atoms with Gasteiger partial charge in [0.1, 0.15) is 6.04 Å². The third-order valence-corrected chi connectivity index (χ3v) is 5.97. The Bertz CT molecular complexity index is 1130. The van der Waals surface area contributed by atoms with Gasteiger partial charge in [0, 0.05) is 37.6 Å². The predicted octanol–water partition coefficient (Wildman–Crippen LogP) is 4.00. The first-order chi connectivity index (χ1) is 17.5. The SMILES string of the molecule is COCCc1cc(-c2ccc(CC(C#N)NC(=O)C3CCCCC3)cc2)c[nH]c1=O.O=C(O)C(F)(F)F. The van der Waals surface area contributed by atoms with Gasteiger partial charge in [-0.05, 0) is 35.6 Å². The summed E-state index contributed by atoms with van der Waals surface area (Å²) in [5, 5.41) is 19.5. The van der Waals surface area contributed by atoms with Gasteiger partial charge in [-0.2, -0.15) is 18.4 Å². The monoisotopic (exact) mass is 521 g/mol. The number of aromatic nitrogens is 1. The van der Waals surface area contributed by atoms with Crippen LogP contribution in [0.25, 0.3) is 11.1 Å². The van der Waals surface area contributed by atoms with Crippen LogP contribution in [0.15, 0.2) is 41.3 Å². The summed E-state index contributed by atoms with van der Waals surface area (Å²) in [6.45, 7) is 0.494. The molecule has 1 atom stereocenters. The summed E-state index contributed by atoms with van der Waals surface area (Å²) in [6, 6.07) is 11.4. The number of H-pyrrole nitrogens is 1. The first-order valence-electron chi connectivity index (χ1n) is 11.8. The van der Waals surface area contributed by atoms with Gasteiger partial charge in [-0.25, -0.2) is 4.79 Å². The number of carboxylic acids is 1. The van der Waals surface area contributed by atoms with E-state index in [1.807, 2.05) is 30.3 Å². The summed E-state index contributed by atoms with van der Waals surface area (Å²) < 4.78 is 36.8. The van der Waals surface area contributed by atoms with Gasteiger partial charge in [0.25, 0.3) is 5.56 Å². The minimum atomic E-state index is -5.08. The molecule has 8 nitrogen and oxygen atoms in total. The zero-order valence-electron chi connectivity index (χ0n) is 20.4. The maximum atomic E-state index is 12.4. The minimum Gasteiger partial charge on any atom is -0.475 e. The van der Waals surface area contributed by atoms with Gasteiger partial charge >= 0.3 is 12.1 Å². The molecule has 0 spiro atoms. The van der Waals surface area contributed by atoms with Crippen molar-refractivity contribution in [2.45, 2.75) is 57.2 Å². The fourth-order valence-corrected chi connectivity index (χ4v) is 3.95. The average molecular weight is 522 g/mol. The molecular weight excluding hydrogens is 491 g/mol. The Labute approximate surface area is 212 Å². The average Bonchev–Trinajstić information content (AvgIpc) is 2.88. The molecule has 1 amide bonds. The number of aliphatic carboxylic acids is 1. The lowest BCUT2D eigenvalue weighted by Gasteiger charge is -2.22. The van der Waals surface area contributed by atoms with Crippen molar-refractivity contribution in [2.75, 3.05) is 13.7 Å². The van der Waals surface area contributed by atoms with Crippen molar-refractivity contribution in [3.05, 3.63) is 58.0 Å². The third kappa shape index (κ3) is 9.73. The van der Waals surface area contributed by atoms with Crippen molar-refractivity contribution in [3.63, 3.8) is 0 Å². The number of rotatable bonds is 8. The molecule has 3 N–H and O–H groups in total. The number of alkyl halides is 3. The van der Waals surface area contributed by atoms with Crippen molar-refractivity contribution in [1.82, 2.24) is 10.3 Å². The number of hydrogen-bond acceptors (Lipinski definition) is 5. The number of carbonyl (C=O) groups excluding carboxylic acids is 1. The van der Waals surface area contributed by atoms with Crippen molar-refractivity contribution >= 4 is 11.9 Å². The third-order valence-electron chi connectivity index (χ3n) is 5.97. The number of nitrogens with zero attached hydrogens (tertiary/aromatic N) is 1. The van der Waals surface area contributed by atoms with E-state index in [0.29, 0.717) is 25.0 Å². The highest BCUT2D eigenvalue weighted by Gasteiger charge is 2.38. The summed E-state index contributed by atoms with van der Waals surface area (Å²) in [6.07, 6.45) is 2.87. The van der Waals surface area contributed by atoms with Gasteiger partial charge in [0.2, 0.25) is 5.91 Å². The fraction of sp³-hybridized carbons (Fsp3) is 0.462. The maximum absolute atomic E-state index is 12.4. The van der Waals surface area contributed by atoms with Crippen LogP contribution in [0.2, 0.25) is 0 Å². The number of pyridine rings is 1. The lowest BCUT2D eigenvalue weighted by molar-refractivity contribution is -0.192. The Morgan fingerprint density at radius 1 is 1.19 bits per heavy atom. The largest absolute Gasteiger partial charge is 0.490 e. The van der Waals surface area contributed by atoms with E-state index >= 15 is 0 Å². The molecule has 0 aliphatic heterocycles. The molecule has 1 aliphatic carbocycles. The van der Waals surface area contributed by atoms with Crippen molar-refractivity contribution in [3.8, 4) is 17.2 Å². The Hall–Kier alpha value is -3.65. The molecule has 1 aromatic carbocycles. The van der Waals surface area contributed by atoms with Crippen molar-refractivity contribution < 1.29 is 32.6 Å². The molecule has 11 heteroatoms. The summed E-state index contributed by atoms with van der Waals surface area (Å²) in [4.78, 5) is 36.1. The number of halogens is 3. The fourth-order valence-electron chi connectivity index (χ4n) is 3.95. The zero-order chi connectivity index (χ0) is 27.4. The molecule has 1 aromatic heterocycles. The van der Waals surface area contributed by atoms with E-state index in [4.69, 9.17) is 14.6 Å². The Kier molecular flexibility index (Phi) is 11.3. The second kappa shape index (κ2) is 14.2. The number of aromatic amines is 1. The van der Waals surface area contributed by atoms with Crippen LogP contribution < -0.4 is 10.9 Å². The highest BCUT2D eigenvalue weighted by Crippen LogP contribution is 2.24. The topological polar surface area (TPSA) is 132 Å². The predicted molar refractivity (Wildman–Crippen MR) is 130 cm³/mol. The maximum Gasteiger partial charge on any atom is 0.490 e. The van der Waals surface area contributed by atoms with Gasteiger partial charge in [0.05, 0.1) is 12.7 Å². The van der Waals surface area contributed by atoms with Gasteiger partial charge in [0.15, 0.2) is 0 Å². The minimum absolute atomic E-state index is 0.00898. The number of hydrogen-bond donors (Lipinski definition) is 3. The quantitative estimate of drug-likeness (QED) is 0.481. The number of methoxy groups -OCH3 is 1. The molecule has 0 bridgehead atoms. The van der Waals surface area contributed by atoms with Crippen LogP contribution in [0, 0.1) is 17.2 Å². The van der Waals surface area contributed by atoms with Crippen LogP contribution in [0.4, 0.5) is 13.2 Å². The molecule has 1 heterocycles. The number of nitriles is 1. The van der Waals surface area contributed by atoms with Crippen LogP contribution in [-0.4, -0.2) is 47.9 Å². The summed E-state index contributed by atoms with van der Waals surface area (Å²) in [7, 11) is 1.61. The smallest absolute Gasteiger partial charge is 0.475 e. The van der Waals surface area contributed by atoms with Gasteiger partial charge in [-0.15, -0.1) is 0 Å². The van der Waals surface area contributed by atoms with Gasteiger partial charge < -0.3 is 20.1 Å². The number of carbonyl (C=O) groups is 2. The summed E-state index contributed by atoms with van der Waals surface area (Å²) in [5.74, 6) is -2.70. The number of carboxylic acid groups (broad SMARTS) is 1. The standard InChI is InChI=1S/C24H29N3O3.C2HF3O2/c1-30-12-11-20-14-21(16-26-23(20)28)18-9-7-17(8-10-18)13-22(15-25)27-24(29)19-5-3-2-4-6-19;3-2(4,5)1(6)7/h7-10,14,16,19,22H,2-6,11-13H2,1H3,(H,26,28)(H,27,29);(H,6,7). The van der Waals surface area contributed by atoms with Crippen molar-refractivity contribution in [1.29, 1.82) is 5.26 Å². The summed E-state index contributed by atoms with van der Waals surface area (Å²) >= 11 is 0. The number of ether oxygens (including phenoxy) is 1. The molecule has 2 aromatic rings. The van der Waals surface area contributed by atoms with E-state index in [1.54, 1.807) is 13.3 Å².